The Kier molecular flexibility index (Phi) is 5.66. The summed E-state index contributed by atoms with van der Waals surface area (Å²) in [6.07, 6.45) is 4.86. The Morgan fingerprint density at radius 2 is 1.47 bits per heavy atom. The average Bonchev–Trinajstić information content (AvgIpc) is 3.44. The molecule has 0 saturated carbocycles. The Balaban J connectivity index is 1.30. The minimum absolute atomic E-state index is 0.0185. The number of ether oxygens (including phenoxy) is 4. The van der Waals surface area contributed by atoms with Crippen LogP contribution in [0.1, 0.15) is 28.3 Å². The summed E-state index contributed by atoms with van der Waals surface area (Å²) in [7, 11) is 0. The highest BCUT2D eigenvalue weighted by atomic mass is 16.7. The number of carbonyl (C=O) groups is 1. The molecule has 3 aliphatic heterocycles. The van der Waals surface area contributed by atoms with E-state index in [1.807, 2.05) is 17.0 Å². The molecule has 0 atom stereocenters. The molecule has 34 heavy (non-hydrogen) atoms. The lowest BCUT2D eigenvalue weighted by Gasteiger charge is -2.40. The van der Waals surface area contributed by atoms with Crippen molar-refractivity contribution in [3.63, 3.8) is 0 Å². The summed E-state index contributed by atoms with van der Waals surface area (Å²) in [6, 6.07) is 12.6. The number of piperazine rings is 1. The van der Waals surface area contributed by atoms with Crippen molar-refractivity contribution in [2.75, 3.05) is 39.8 Å². The number of fused-ring (bicyclic) bond motifs is 2. The average molecular weight is 463 g/mol. The fourth-order valence-electron chi connectivity index (χ4n) is 4.88. The van der Waals surface area contributed by atoms with Crippen LogP contribution in [0.4, 0.5) is 4.79 Å². The maximum Gasteiger partial charge on any atom is 0.329 e. The van der Waals surface area contributed by atoms with Gasteiger partial charge in [0.05, 0.1) is 19.3 Å². The van der Waals surface area contributed by atoms with Crippen molar-refractivity contribution < 1.29 is 23.7 Å². The van der Waals surface area contributed by atoms with Crippen LogP contribution in [-0.2, 0) is 22.7 Å². The van der Waals surface area contributed by atoms with Crippen molar-refractivity contribution in [1.82, 2.24) is 19.4 Å². The minimum atomic E-state index is -0.0418. The fraction of sp³-hybridized carbons (Fsp3) is 0.360. The molecule has 2 aromatic carbocycles. The molecular weight excluding hydrogens is 436 g/mol. The van der Waals surface area contributed by atoms with Gasteiger partial charge in [-0.1, -0.05) is 12.1 Å². The number of benzene rings is 2. The van der Waals surface area contributed by atoms with Crippen molar-refractivity contribution in [2.24, 2.45) is 0 Å². The number of aromatic nitrogens is 2. The topological polar surface area (TPSA) is 78.3 Å². The molecule has 0 radical (unpaired) electrons. The molecular formula is C25H26N4O5. The zero-order valence-corrected chi connectivity index (χ0v) is 18.8. The first-order valence-corrected chi connectivity index (χ1v) is 11.4. The number of imidazole rings is 1. The summed E-state index contributed by atoms with van der Waals surface area (Å²) in [5.41, 5.74) is 4.43. The maximum atomic E-state index is 12.8. The SMILES string of the molecule is O=C(N1CCN(C(c2ccc3c(c2)COCO3)c2ccc3c(c2)COCO3)CC1)n1ccnc1. The normalized spacial score (nSPS) is 18.1. The maximum absolute atomic E-state index is 12.8. The van der Waals surface area contributed by atoms with Gasteiger partial charge in [0.25, 0.3) is 0 Å². The molecule has 9 heteroatoms. The zero-order chi connectivity index (χ0) is 22.9. The van der Waals surface area contributed by atoms with Crippen molar-refractivity contribution in [3.05, 3.63) is 77.4 Å². The van der Waals surface area contributed by atoms with Crippen molar-refractivity contribution in [3.8, 4) is 11.5 Å². The lowest BCUT2D eigenvalue weighted by Crippen LogP contribution is -2.50. The van der Waals surface area contributed by atoms with Gasteiger partial charge in [0.1, 0.15) is 17.8 Å². The van der Waals surface area contributed by atoms with Crippen LogP contribution in [0, 0.1) is 0 Å². The molecule has 0 spiro atoms. The summed E-state index contributed by atoms with van der Waals surface area (Å²) in [5.74, 6) is 1.74. The predicted molar refractivity (Wildman–Crippen MR) is 121 cm³/mol. The van der Waals surface area contributed by atoms with Gasteiger partial charge in [0.15, 0.2) is 13.6 Å². The Morgan fingerprint density at radius 3 is 2.03 bits per heavy atom. The molecule has 9 nitrogen and oxygen atoms in total. The van der Waals surface area contributed by atoms with E-state index < -0.39 is 0 Å². The van der Waals surface area contributed by atoms with Gasteiger partial charge >= 0.3 is 6.03 Å². The first kappa shape index (κ1) is 21.2. The van der Waals surface area contributed by atoms with Crippen LogP contribution in [0.3, 0.4) is 0 Å². The van der Waals surface area contributed by atoms with E-state index in [4.69, 9.17) is 18.9 Å². The van der Waals surface area contributed by atoms with E-state index in [2.05, 4.69) is 34.1 Å². The minimum Gasteiger partial charge on any atom is -0.467 e. The summed E-state index contributed by atoms with van der Waals surface area (Å²) >= 11 is 0. The molecule has 0 aliphatic carbocycles. The highest BCUT2D eigenvalue weighted by Crippen LogP contribution is 2.36. The van der Waals surface area contributed by atoms with Crippen molar-refractivity contribution in [1.29, 1.82) is 0 Å². The molecule has 3 aromatic rings. The van der Waals surface area contributed by atoms with Crippen LogP contribution in [0.15, 0.2) is 55.1 Å². The second-order valence-corrected chi connectivity index (χ2v) is 8.63. The molecule has 0 N–H and O–H groups in total. The molecule has 0 bridgehead atoms. The van der Waals surface area contributed by atoms with Crippen LogP contribution in [-0.4, -0.2) is 65.1 Å². The fourth-order valence-corrected chi connectivity index (χ4v) is 4.88. The Labute approximate surface area is 197 Å². The molecule has 176 valence electrons. The largest absolute Gasteiger partial charge is 0.467 e. The second kappa shape index (κ2) is 9.09. The molecule has 6 rings (SSSR count). The van der Waals surface area contributed by atoms with Gasteiger partial charge < -0.3 is 23.8 Å². The van der Waals surface area contributed by atoms with E-state index in [1.54, 1.807) is 18.7 Å². The quantitative estimate of drug-likeness (QED) is 0.592. The van der Waals surface area contributed by atoms with Gasteiger partial charge in [-0.2, -0.15) is 0 Å². The number of hydrogen-bond acceptors (Lipinski definition) is 7. The Morgan fingerprint density at radius 1 is 0.853 bits per heavy atom. The molecule has 1 aromatic heterocycles. The third-order valence-corrected chi connectivity index (χ3v) is 6.59. The smallest absolute Gasteiger partial charge is 0.329 e. The Bertz CT molecular complexity index is 1110. The van der Waals surface area contributed by atoms with Crippen molar-refractivity contribution in [2.45, 2.75) is 19.3 Å². The van der Waals surface area contributed by atoms with E-state index in [9.17, 15) is 4.79 Å². The monoisotopic (exact) mass is 462 g/mol. The number of hydrogen-bond donors (Lipinski definition) is 0. The molecule has 1 amide bonds. The second-order valence-electron chi connectivity index (χ2n) is 8.63. The third-order valence-electron chi connectivity index (χ3n) is 6.59. The summed E-state index contributed by atoms with van der Waals surface area (Å²) in [6.45, 7) is 4.42. The standard InChI is InChI=1S/C25H26N4O5/c30-25(29-6-5-26-15-29)28-9-7-27(8-10-28)24(18-1-3-22-20(11-18)13-31-16-33-22)19-2-4-23-21(12-19)14-32-17-34-23/h1-6,11-12,15,24H,7-10,13-14,16-17H2. The first-order chi connectivity index (χ1) is 16.8. The number of carbonyl (C=O) groups excluding carboxylic acids is 1. The molecule has 0 unspecified atom stereocenters. The molecule has 3 aliphatic rings. The molecule has 4 heterocycles. The summed E-state index contributed by atoms with van der Waals surface area (Å²) < 4.78 is 23.8. The van der Waals surface area contributed by atoms with Gasteiger partial charge in [-0.25, -0.2) is 9.78 Å². The van der Waals surface area contributed by atoms with Gasteiger partial charge in [0.2, 0.25) is 0 Å². The van der Waals surface area contributed by atoms with Crippen LogP contribution >= 0.6 is 0 Å². The van der Waals surface area contributed by atoms with Crippen LogP contribution < -0.4 is 9.47 Å². The lowest BCUT2D eigenvalue weighted by atomic mass is 9.93. The van der Waals surface area contributed by atoms with Crippen molar-refractivity contribution >= 4 is 6.03 Å². The summed E-state index contributed by atoms with van der Waals surface area (Å²) in [4.78, 5) is 21.1. The number of rotatable bonds is 3. The number of nitrogens with zero attached hydrogens (tertiary/aromatic N) is 4. The highest BCUT2D eigenvalue weighted by molar-refractivity contribution is 5.76. The van der Waals surface area contributed by atoms with E-state index in [-0.39, 0.29) is 25.7 Å². The van der Waals surface area contributed by atoms with Gasteiger partial charge in [-0.3, -0.25) is 9.47 Å². The van der Waals surface area contributed by atoms with Crippen LogP contribution in [0.2, 0.25) is 0 Å². The molecule has 1 saturated heterocycles. The lowest BCUT2D eigenvalue weighted by molar-refractivity contribution is -0.0165. The zero-order valence-electron chi connectivity index (χ0n) is 18.8. The first-order valence-electron chi connectivity index (χ1n) is 11.4. The third kappa shape index (κ3) is 4.02. The van der Waals surface area contributed by atoms with E-state index in [1.165, 1.54) is 15.7 Å². The predicted octanol–water partition coefficient (Wildman–Crippen LogP) is 2.99. The van der Waals surface area contributed by atoms with Gasteiger partial charge in [0, 0.05) is 49.7 Å². The molecule has 1 fully saturated rings. The van der Waals surface area contributed by atoms with Crippen LogP contribution in [0.25, 0.3) is 0 Å². The van der Waals surface area contributed by atoms with E-state index in [0.29, 0.717) is 26.3 Å². The van der Waals surface area contributed by atoms with Gasteiger partial charge in [-0.05, 0) is 35.4 Å². The highest BCUT2D eigenvalue weighted by Gasteiger charge is 2.30. The summed E-state index contributed by atoms with van der Waals surface area (Å²) in [5, 5.41) is 0. The van der Waals surface area contributed by atoms with Crippen LogP contribution in [0.5, 0.6) is 11.5 Å². The van der Waals surface area contributed by atoms with E-state index in [0.717, 1.165) is 35.7 Å². The van der Waals surface area contributed by atoms with Gasteiger partial charge in [-0.15, -0.1) is 0 Å². The number of amides is 1. The van der Waals surface area contributed by atoms with E-state index >= 15 is 0 Å². The Hall–Kier alpha value is -3.40.